The number of carbonyl (C=O) groups is 2. The number of nitrogens with one attached hydrogen (secondary N) is 1. The highest BCUT2D eigenvalue weighted by atomic mass is 16.6. The molecule has 0 saturated carbocycles. The van der Waals surface area contributed by atoms with Crippen LogP contribution in [0.3, 0.4) is 0 Å². The van der Waals surface area contributed by atoms with E-state index in [0.717, 1.165) is 16.3 Å². The van der Waals surface area contributed by atoms with Gasteiger partial charge in [-0.25, -0.2) is 4.63 Å². The summed E-state index contributed by atoms with van der Waals surface area (Å²) >= 11 is 0. The highest BCUT2D eigenvalue weighted by Gasteiger charge is 2.31. The first-order valence-electron chi connectivity index (χ1n) is 8.92. The van der Waals surface area contributed by atoms with Gasteiger partial charge in [-0.15, -0.1) is 0 Å². The monoisotopic (exact) mass is 364 g/mol. The minimum absolute atomic E-state index is 0.0486. The first-order chi connectivity index (χ1) is 13.1. The van der Waals surface area contributed by atoms with Crippen LogP contribution in [0.2, 0.25) is 0 Å². The molecule has 1 aromatic heterocycles. The van der Waals surface area contributed by atoms with Gasteiger partial charge in [-0.2, -0.15) is 0 Å². The van der Waals surface area contributed by atoms with Crippen LogP contribution in [0.1, 0.15) is 23.4 Å². The van der Waals surface area contributed by atoms with Crippen LogP contribution in [-0.4, -0.2) is 39.6 Å². The lowest BCUT2D eigenvalue weighted by Gasteiger charge is -2.18. The Bertz CT molecular complexity index is 992. The van der Waals surface area contributed by atoms with Crippen LogP contribution in [0.25, 0.3) is 10.8 Å². The van der Waals surface area contributed by atoms with E-state index in [1.54, 1.807) is 11.8 Å². The summed E-state index contributed by atoms with van der Waals surface area (Å²) in [6.45, 7) is 2.78. The molecule has 1 aliphatic heterocycles. The second-order valence-corrected chi connectivity index (χ2v) is 6.85. The van der Waals surface area contributed by atoms with Crippen LogP contribution < -0.4 is 5.32 Å². The third-order valence-corrected chi connectivity index (χ3v) is 4.90. The van der Waals surface area contributed by atoms with Crippen molar-refractivity contribution < 1.29 is 14.2 Å². The normalized spacial score (nSPS) is 16.9. The van der Waals surface area contributed by atoms with Gasteiger partial charge >= 0.3 is 0 Å². The highest BCUT2D eigenvalue weighted by Crippen LogP contribution is 2.22. The van der Waals surface area contributed by atoms with Crippen molar-refractivity contribution in [1.82, 2.24) is 20.5 Å². The van der Waals surface area contributed by atoms with E-state index < -0.39 is 0 Å². The van der Waals surface area contributed by atoms with Crippen LogP contribution in [0.4, 0.5) is 0 Å². The van der Waals surface area contributed by atoms with Gasteiger partial charge in [0, 0.05) is 19.5 Å². The summed E-state index contributed by atoms with van der Waals surface area (Å²) in [6.07, 6.45) is 0.413. The van der Waals surface area contributed by atoms with E-state index in [4.69, 9.17) is 0 Å². The van der Waals surface area contributed by atoms with Crippen molar-refractivity contribution >= 4 is 22.6 Å². The summed E-state index contributed by atoms with van der Waals surface area (Å²) < 4.78 is 4.61. The summed E-state index contributed by atoms with van der Waals surface area (Å²) in [4.78, 5) is 26.4. The molecule has 138 valence electrons. The van der Waals surface area contributed by atoms with Gasteiger partial charge in [-0.05, 0) is 23.3 Å². The minimum atomic E-state index is -0.194. The molecule has 1 N–H and O–H groups in total. The molecule has 2 amide bonds. The van der Waals surface area contributed by atoms with E-state index in [1.807, 2.05) is 24.3 Å². The molecule has 0 aliphatic carbocycles. The van der Waals surface area contributed by atoms with Gasteiger partial charge in [0.05, 0.1) is 12.5 Å². The number of aromatic nitrogens is 2. The number of hydrogen-bond donors (Lipinski definition) is 1. The minimum Gasteiger partial charge on any atom is -0.351 e. The van der Waals surface area contributed by atoms with E-state index >= 15 is 0 Å². The summed E-state index contributed by atoms with van der Waals surface area (Å²) in [5.41, 5.74) is 2.23. The van der Waals surface area contributed by atoms with Crippen molar-refractivity contribution in [1.29, 1.82) is 0 Å². The second kappa shape index (κ2) is 7.19. The van der Waals surface area contributed by atoms with Gasteiger partial charge in [-0.3, -0.25) is 9.59 Å². The van der Waals surface area contributed by atoms with Crippen LogP contribution in [-0.2, 0) is 22.6 Å². The molecule has 2 heterocycles. The number of hydrogen-bond acceptors (Lipinski definition) is 5. The molecule has 4 rings (SSSR count). The summed E-state index contributed by atoms with van der Waals surface area (Å²) in [6, 6.07) is 14.1. The molecule has 27 heavy (non-hydrogen) atoms. The van der Waals surface area contributed by atoms with Gasteiger partial charge < -0.3 is 10.2 Å². The zero-order valence-electron chi connectivity index (χ0n) is 15.0. The number of rotatable bonds is 5. The van der Waals surface area contributed by atoms with Crippen LogP contribution >= 0.6 is 0 Å². The summed E-state index contributed by atoms with van der Waals surface area (Å²) in [5, 5.41) is 12.6. The smallest absolute Gasteiger partial charge is 0.226 e. The Morgan fingerprint density at radius 2 is 2.04 bits per heavy atom. The first-order valence-corrected chi connectivity index (χ1v) is 8.92. The second-order valence-electron chi connectivity index (χ2n) is 6.85. The average Bonchev–Trinajstić information content (AvgIpc) is 3.20. The third-order valence-electron chi connectivity index (χ3n) is 4.90. The van der Waals surface area contributed by atoms with Crippen molar-refractivity contribution in [2.45, 2.75) is 32.4 Å². The SMILES string of the molecule is Cc1nonc1CC(=O)N[C@@H]1CC(=O)N(Cc2cccc3ccccc23)C1. The standard InChI is InChI=1S/C20H20N4O3/c1-13-18(23-27-22-13)10-19(25)21-16-9-20(26)24(12-16)11-15-7-4-6-14-5-2-3-8-17(14)15/h2-8,16H,9-12H2,1H3,(H,21,25)/t16-/m1/s1. The molecule has 0 radical (unpaired) electrons. The molecule has 1 atom stereocenters. The number of carbonyl (C=O) groups excluding carboxylic acids is 2. The van der Waals surface area contributed by atoms with Crippen molar-refractivity contribution in [3.8, 4) is 0 Å². The van der Waals surface area contributed by atoms with Crippen molar-refractivity contribution in [2.75, 3.05) is 6.54 Å². The Morgan fingerprint density at radius 1 is 1.22 bits per heavy atom. The lowest BCUT2D eigenvalue weighted by atomic mass is 10.0. The number of likely N-dealkylation sites (tertiary alicyclic amines) is 1. The molecule has 1 saturated heterocycles. The van der Waals surface area contributed by atoms with Gasteiger partial charge in [0.25, 0.3) is 0 Å². The molecule has 0 bridgehead atoms. The van der Waals surface area contributed by atoms with Crippen molar-refractivity contribution in [3.63, 3.8) is 0 Å². The maximum absolute atomic E-state index is 12.4. The van der Waals surface area contributed by atoms with E-state index in [1.165, 1.54) is 0 Å². The van der Waals surface area contributed by atoms with Crippen LogP contribution in [0, 0.1) is 6.92 Å². The van der Waals surface area contributed by atoms with Crippen LogP contribution in [0.5, 0.6) is 0 Å². The Hall–Kier alpha value is -3.22. The largest absolute Gasteiger partial charge is 0.351 e. The number of amides is 2. The molecule has 7 nitrogen and oxygen atoms in total. The number of nitrogens with zero attached hydrogens (tertiary/aromatic N) is 3. The van der Waals surface area contributed by atoms with Gasteiger partial charge in [0.2, 0.25) is 11.8 Å². The molecular formula is C20H20N4O3. The highest BCUT2D eigenvalue weighted by molar-refractivity contribution is 5.87. The summed E-state index contributed by atoms with van der Waals surface area (Å²) in [5.74, 6) is -0.133. The number of benzene rings is 2. The zero-order valence-corrected chi connectivity index (χ0v) is 15.0. The maximum atomic E-state index is 12.4. The van der Waals surface area contributed by atoms with E-state index in [0.29, 0.717) is 30.9 Å². The summed E-state index contributed by atoms with van der Waals surface area (Å²) in [7, 11) is 0. The first kappa shape index (κ1) is 17.2. The lowest BCUT2D eigenvalue weighted by Crippen LogP contribution is -2.38. The molecule has 1 fully saturated rings. The number of aryl methyl sites for hydroxylation is 1. The Kier molecular flexibility index (Phi) is 4.58. The average molecular weight is 364 g/mol. The molecule has 0 unspecified atom stereocenters. The predicted molar refractivity (Wildman–Crippen MR) is 98.7 cm³/mol. The van der Waals surface area contributed by atoms with E-state index in [-0.39, 0.29) is 24.3 Å². The lowest BCUT2D eigenvalue weighted by molar-refractivity contribution is -0.128. The van der Waals surface area contributed by atoms with Crippen molar-refractivity contribution in [2.24, 2.45) is 0 Å². The maximum Gasteiger partial charge on any atom is 0.226 e. The van der Waals surface area contributed by atoms with Gasteiger partial charge in [0.1, 0.15) is 11.4 Å². The Balaban J connectivity index is 1.40. The van der Waals surface area contributed by atoms with Gasteiger partial charge in [-0.1, -0.05) is 52.8 Å². The molecular weight excluding hydrogens is 344 g/mol. The van der Waals surface area contributed by atoms with Crippen LogP contribution in [0.15, 0.2) is 47.1 Å². The van der Waals surface area contributed by atoms with E-state index in [9.17, 15) is 9.59 Å². The van der Waals surface area contributed by atoms with Gasteiger partial charge in [0.15, 0.2) is 0 Å². The quantitative estimate of drug-likeness (QED) is 0.748. The fourth-order valence-corrected chi connectivity index (χ4v) is 3.50. The zero-order chi connectivity index (χ0) is 18.8. The fourth-order valence-electron chi connectivity index (χ4n) is 3.50. The Morgan fingerprint density at radius 3 is 2.85 bits per heavy atom. The predicted octanol–water partition coefficient (Wildman–Crippen LogP) is 1.99. The van der Waals surface area contributed by atoms with E-state index in [2.05, 4.69) is 38.5 Å². The molecule has 1 aliphatic rings. The fraction of sp³-hybridized carbons (Fsp3) is 0.300. The topological polar surface area (TPSA) is 88.3 Å². The molecule has 7 heteroatoms. The third kappa shape index (κ3) is 3.67. The van der Waals surface area contributed by atoms with Crippen molar-refractivity contribution in [3.05, 3.63) is 59.4 Å². The molecule has 3 aromatic rings. The molecule has 2 aromatic carbocycles. The number of fused-ring (bicyclic) bond motifs is 1. The molecule has 0 spiro atoms. The Labute approximate surface area is 156 Å².